The van der Waals surface area contributed by atoms with Gasteiger partial charge >= 0.3 is 5.97 Å². The van der Waals surface area contributed by atoms with Crippen LogP contribution < -0.4 is 5.32 Å². The SMILES string of the molecule is O=C(O)/C=C/CNCC1CC1. The summed E-state index contributed by atoms with van der Waals surface area (Å²) in [5.41, 5.74) is 0. The van der Waals surface area contributed by atoms with Gasteiger partial charge in [0.1, 0.15) is 0 Å². The second-order valence-corrected chi connectivity index (χ2v) is 2.84. The van der Waals surface area contributed by atoms with Crippen LogP contribution in [0.2, 0.25) is 0 Å². The molecule has 1 aliphatic rings. The molecule has 0 aromatic heterocycles. The van der Waals surface area contributed by atoms with E-state index in [0.29, 0.717) is 6.54 Å². The number of aliphatic carboxylic acids is 1. The van der Waals surface area contributed by atoms with E-state index < -0.39 is 5.97 Å². The molecule has 3 nitrogen and oxygen atoms in total. The number of rotatable bonds is 5. The molecule has 0 amide bonds. The third-order valence-electron chi connectivity index (χ3n) is 1.65. The molecule has 62 valence electrons. The average Bonchev–Trinajstić information content (AvgIpc) is 2.70. The third-order valence-corrected chi connectivity index (χ3v) is 1.65. The van der Waals surface area contributed by atoms with E-state index in [1.54, 1.807) is 6.08 Å². The van der Waals surface area contributed by atoms with E-state index in [-0.39, 0.29) is 0 Å². The molecule has 0 aliphatic heterocycles. The lowest BCUT2D eigenvalue weighted by Gasteiger charge is -1.96. The van der Waals surface area contributed by atoms with Crippen LogP contribution in [0.1, 0.15) is 12.8 Å². The van der Waals surface area contributed by atoms with Crippen molar-refractivity contribution < 1.29 is 9.90 Å². The molecule has 1 rings (SSSR count). The Bertz CT molecular complexity index is 161. The van der Waals surface area contributed by atoms with E-state index in [0.717, 1.165) is 12.5 Å². The lowest BCUT2D eigenvalue weighted by atomic mass is 10.4. The summed E-state index contributed by atoms with van der Waals surface area (Å²) in [5.74, 6) is -0.0218. The van der Waals surface area contributed by atoms with Crippen LogP contribution in [0.3, 0.4) is 0 Å². The summed E-state index contributed by atoms with van der Waals surface area (Å²) in [6.45, 7) is 1.70. The smallest absolute Gasteiger partial charge is 0.328 e. The Balaban J connectivity index is 1.90. The minimum Gasteiger partial charge on any atom is -0.478 e. The molecular formula is C8H13NO2. The van der Waals surface area contributed by atoms with Crippen LogP contribution in [-0.2, 0) is 4.79 Å². The lowest BCUT2D eigenvalue weighted by molar-refractivity contribution is -0.131. The second kappa shape index (κ2) is 4.13. The summed E-state index contributed by atoms with van der Waals surface area (Å²) >= 11 is 0. The van der Waals surface area contributed by atoms with Crippen LogP contribution >= 0.6 is 0 Å². The van der Waals surface area contributed by atoms with E-state index in [2.05, 4.69) is 5.32 Å². The molecule has 0 aromatic carbocycles. The molecule has 0 heterocycles. The molecule has 11 heavy (non-hydrogen) atoms. The van der Waals surface area contributed by atoms with Crippen molar-refractivity contribution in [3.05, 3.63) is 12.2 Å². The van der Waals surface area contributed by atoms with Crippen molar-refractivity contribution in [3.8, 4) is 0 Å². The van der Waals surface area contributed by atoms with Crippen molar-refractivity contribution in [2.24, 2.45) is 5.92 Å². The largest absolute Gasteiger partial charge is 0.478 e. The maximum absolute atomic E-state index is 9.99. The fraction of sp³-hybridized carbons (Fsp3) is 0.625. The Labute approximate surface area is 66.1 Å². The Kier molecular flexibility index (Phi) is 3.11. The highest BCUT2D eigenvalue weighted by Gasteiger charge is 2.19. The van der Waals surface area contributed by atoms with Gasteiger partial charge in [-0.2, -0.15) is 0 Å². The van der Waals surface area contributed by atoms with Crippen molar-refractivity contribution in [1.29, 1.82) is 0 Å². The second-order valence-electron chi connectivity index (χ2n) is 2.84. The number of carboxylic acids is 1. The van der Waals surface area contributed by atoms with Crippen LogP contribution in [0.15, 0.2) is 12.2 Å². The maximum Gasteiger partial charge on any atom is 0.328 e. The molecule has 0 radical (unpaired) electrons. The van der Waals surface area contributed by atoms with Gasteiger partial charge in [-0.3, -0.25) is 0 Å². The van der Waals surface area contributed by atoms with Crippen molar-refractivity contribution in [2.45, 2.75) is 12.8 Å². The number of nitrogens with one attached hydrogen (secondary N) is 1. The van der Waals surface area contributed by atoms with Gasteiger partial charge in [0.25, 0.3) is 0 Å². The summed E-state index contributed by atoms with van der Waals surface area (Å²) in [7, 11) is 0. The van der Waals surface area contributed by atoms with Crippen molar-refractivity contribution >= 4 is 5.97 Å². The Morgan fingerprint density at radius 2 is 2.36 bits per heavy atom. The lowest BCUT2D eigenvalue weighted by Crippen LogP contribution is -2.16. The monoisotopic (exact) mass is 155 g/mol. The van der Waals surface area contributed by atoms with Crippen LogP contribution in [0.25, 0.3) is 0 Å². The Morgan fingerprint density at radius 1 is 1.64 bits per heavy atom. The van der Waals surface area contributed by atoms with E-state index >= 15 is 0 Å². The summed E-state index contributed by atoms with van der Waals surface area (Å²) in [4.78, 5) is 9.99. The Morgan fingerprint density at radius 3 is 2.91 bits per heavy atom. The highest BCUT2D eigenvalue weighted by molar-refractivity contribution is 5.79. The highest BCUT2D eigenvalue weighted by Crippen LogP contribution is 2.27. The quantitative estimate of drug-likeness (QED) is 0.452. The topological polar surface area (TPSA) is 49.3 Å². The summed E-state index contributed by atoms with van der Waals surface area (Å²) in [6.07, 6.45) is 5.45. The van der Waals surface area contributed by atoms with Gasteiger partial charge in [-0.1, -0.05) is 6.08 Å². The molecule has 0 unspecified atom stereocenters. The molecule has 3 heteroatoms. The zero-order valence-corrected chi connectivity index (χ0v) is 6.42. The normalized spacial score (nSPS) is 17.5. The van der Waals surface area contributed by atoms with Crippen LogP contribution in [0.5, 0.6) is 0 Å². The van der Waals surface area contributed by atoms with Gasteiger partial charge in [0.05, 0.1) is 0 Å². The van der Waals surface area contributed by atoms with Crippen LogP contribution in [0.4, 0.5) is 0 Å². The molecule has 0 spiro atoms. The number of carboxylic acid groups (broad SMARTS) is 1. The number of hydrogen-bond donors (Lipinski definition) is 2. The van der Waals surface area contributed by atoms with Gasteiger partial charge in [-0.15, -0.1) is 0 Å². The van der Waals surface area contributed by atoms with Gasteiger partial charge in [0.15, 0.2) is 0 Å². The van der Waals surface area contributed by atoms with Gasteiger partial charge in [-0.05, 0) is 25.3 Å². The molecular weight excluding hydrogens is 142 g/mol. The van der Waals surface area contributed by atoms with E-state index in [1.807, 2.05) is 0 Å². The predicted molar refractivity (Wildman–Crippen MR) is 42.4 cm³/mol. The number of hydrogen-bond acceptors (Lipinski definition) is 2. The maximum atomic E-state index is 9.99. The van der Waals surface area contributed by atoms with E-state index in [4.69, 9.17) is 5.11 Å². The van der Waals surface area contributed by atoms with Crippen molar-refractivity contribution in [1.82, 2.24) is 5.32 Å². The van der Waals surface area contributed by atoms with Gasteiger partial charge in [0.2, 0.25) is 0 Å². The highest BCUT2D eigenvalue weighted by atomic mass is 16.4. The van der Waals surface area contributed by atoms with Crippen LogP contribution in [-0.4, -0.2) is 24.2 Å². The first-order valence-electron chi connectivity index (χ1n) is 3.89. The van der Waals surface area contributed by atoms with Gasteiger partial charge in [-0.25, -0.2) is 4.79 Å². The van der Waals surface area contributed by atoms with Gasteiger partial charge < -0.3 is 10.4 Å². The van der Waals surface area contributed by atoms with E-state index in [1.165, 1.54) is 18.9 Å². The zero-order valence-electron chi connectivity index (χ0n) is 6.42. The fourth-order valence-corrected chi connectivity index (χ4v) is 0.853. The first-order chi connectivity index (χ1) is 5.29. The molecule has 1 saturated carbocycles. The first-order valence-corrected chi connectivity index (χ1v) is 3.89. The fourth-order valence-electron chi connectivity index (χ4n) is 0.853. The van der Waals surface area contributed by atoms with Crippen molar-refractivity contribution in [3.63, 3.8) is 0 Å². The van der Waals surface area contributed by atoms with Crippen molar-refractivity contribution in [2.75, 3.05) is 13.1 Å². The molecule has 0 aromatic rings. The summed E-state index contributed by atoms with van der Waals surface area (Å²) < 4.78 is 0. The summed E-state index contributed by atoms with van der Waals surface area (Å²) in [5, 5.41) is 11.4. The standard InChI is InChI=1S/C8H13NO2/c10-8(11)2-1-5-9-6-7-3-4-7/h1-2,7,9H,3-6H2,(H,10,11)/b2-1+. The predicted octanol–water partition coefficient (Wildman–Crippen LogP) is 0.627. The zero-order chi connectivity index (χ0) is 8.10. The molecule has 0 atom stereocenters. The minimum atomic E-state index is -0.877. The van der Waals surface area contributed by atoms with Crippen LogP contribution in [0, 0.1) is 5.92 Å². The Hall–Kier alpha value is -0.830. The molecule has 1 fully saturated rings. The molecule has 0 bridgehead atoms. The average molecular weight is 155 g/mol. The molecule has 1 aliphatic carbocycles. The first kappa shape index (κ1) is 8.27. The third kappa shape index (κ3) is 4.56. The van der Waals surface area contributed by atoms with E-state index in [9.17, 15) is 4.79 Å². The van der Waals surface area contributed by atoms with Gasteiger partial charge in [0, 0.05) is 12.6 Å². The minimum absolute atomic E-state index is 0.669. The molecule has 2 N–H and O–H groups in total. The summed E-state index contributed by atoms with van der Waals surface area (Å²) in [6, 6.07) is 0. The number of carbonyl (C=O) groups is 1. The molecule has 0 saturated heterocycles.